The fraction of sp³-hybridized carbons (Fsp3) is 0.500. The Labute approximate surface area is 165 Å². The number of hydrogen-bond acceptors (Lipinski definition) is 4. The summed E-state index contributed by atoms with van der Waals surface area (Å²) in [5.74, 6) is -2.39. The number of aliphatic carboxylic acids is 1. The second kappa shape index (κ2) is 8.45. The molecule has 1 amide bonds. The van der Waals surface area contributed by atoms with Gasteiger partial charge in [0.05, 0.1) is 16.7 Å². The summed E-state index contributed by atoms with van der Waals surface area (Å²) in [6.07, 6.45) is 6.20. The standard InChI is InChI=1S/C20H26N2O5S/c1-14-5-4-12-22(13-14)28(26,27)16-10-8-15(9-11-16)21-19(23)17-6-2-3-7-18(17)20(24)25/h2-3,8-11,14,17-18H,4-7,12-13H2,1H3,(H,21,23)(H,24,25)/t14-,17+,18-/m0/s1. The third-order valence-corrected chi connectivity index (χ3v) is 7.35. The van der Waals surface area contributed by atoms with E-state index in [-0.39, 0.29) is 10.8 Å². The number of nitrogens with zero attached hydrogens (tertiary/aromatic N) is 1. The number of carbonyl (C=O) groups is 2. The number of rotatable bonds is 5. The zero-order valence-electron chi connectivity index (χ0n) is 15.9. The molecule has 1 aliphatic carbocycles. The van der Waals surface area contributed by atoms with Crippen LogP contribution in [-0.2, 0) is 19.6 Å². The van der Waals surface area contributed by atoms with Gasteiger partial charge >= 0.3 is 5.97 Å². The predicted octanol–water partition coefficient (Wildman–Crippen LogP) is 2.71. The molecule has 0 spiro atoms. The molecule has 2 aliphatic rings. The van der Waals surface area contributed by atoms with Crippen molar-refractivity contribution in [2.45, 2.75) is 37.5 Å². The van der Waals surface area contributed by atoms with Crippen molar-refractivity contribution in [3.8, 4) is 0 Å². The van der Waals surface area contributed by atoms with Gasteiger partial charge in [0.15, 0.2) is 0 Å². The van der Waals surface area contributed by atoms with Gasteiger partial charge in [-0.25, -0.2) is 8.42 Å². The van der Waals surface area contributed by atoms with Gasteiger partial charge in [-0.2, -0.15) is 4.31 Å². The van der Waals surface area contributed by atoms with Crippen LogP contribution >= 0.6 is 0 Å². The Hall–Kier alpha value is -2.19. The minimum atomic E-state index is -3.55. The molecule has 1 aromatic carbocycles. The molecule has 0 saturated carbocycles. The Morgan fingerprint density at radius 3 is 2.36 bits per heavy atom. The molecule has 0 radical (unpaired) electrons. The summed E-state index contributed by atoms with van der Waals surface area (Å²) in [6.45, 7) is 3.09. The van der Waals surface area contributed by atoms with Gasteiger partial charge in [0, 0.05) is 18.8 Å². The van der Waals surface area contributed by atoms with E-state index in [1.807, 2.05) is 13.0 Å². The fourth-order valence-electron chi connectivity index (χ4n) is 3.84. The first-order valence-electron chi connectivity index (χ1n) is 9.58. The minimum absolute atomic E-state index is 0.198. The third kappa shape index (κ3) is 4.44. The summed E-state index contributed by atoms with van der Waals surface area (Å²) in [5, 5.41) is 12.0. The second-order valence-electron chi connectivity index (χ2n) is 7.62. The van der Waals surface area contributed by atoms with Crippen LogP contribution in [0, 0.1) is 17.8 Å². The lowest BCUT2D eigenvalue weighted by Crippen LogP contribution is -2.39. The summed E-state index contributed by atoms with van der Waals surface area (Å²) in [6, 6.07) is 6.07. The van der Waals surface area contributed by atoms with Crippen LogP contribution in [0.5, 0.6) is 0 Å². The predicted molar refractivity (Wildman–Crippen MR) is 105 cm³/mol. The first kappa shape index (κ1) is 20.5. The first-order valence-corrected chi connectivity index (χ1v) is 11.0. The molecule has 0 bridgehead atoms. The van der Waals surface area contributed by atoms with Crippen molar-refractivity contribution in [1.29, 1.82) is 0 Å². The Kier molecular flexibility index (Phi) is 6.20. The normalized spacial score (nSPS) is 26.0. The minimum Gasteiger partial charge on any atom is -0.481 e. The van der Waals surface area contributed by atoms with E-state index in [2.05, 4.69) is 5.32 Å². The molecule has 1 aliphatic heterocycles. The molecule has 8 heteroatoms. The number of sulfonamides is 1. The second-order valence-corrected chi connectivity index (χ2v) is 9.56. The van der Waals surface area contributed by atoms with Crippen molar-refractivity contribution < 1.29 is 23.1 Å². The van der Waals surface area contributed by atoms with E-state index in [0.717, 1.165) is 12.8 Å². The average Bonchev–Trinajstić information content (AvgIpc) is 2.68. The zero-order chi connectivity index (χ0) is 20.3. The monoisotopic (exact) mass is 406 g/mol. The van der Waals surface area contributed by atoms with E-state index in [0.29, 0.717) is 37.5 Å². The van der Waals surface area contributed by atoms with Gasteiger partial charge < -0.3 is 10.4 Å². The molecule has 3 atom stereocenters. The van der Waals surface area contributed by atoms with E-state index < -0.39 is 27.8 Å². The first-order chi connectivity index (χ1) is 13.3. The van der Waals surface area contributed by atoms with Gasteiger partial charge in [0.25, 0.3) is 0 Å². The van der Waals surface area contributed by atoms with E-state index >= 15 is 0 Å². The van der Waals surface area contributed by atoms with Crippen LogP contribution in [0.4, 0.5) is 5.69 Å². The molecule has 3 rings (SSSR count). The van der Waals surface area contributed by atoms with Gasteiger partial charge in [-0.15, -0.1) is 0 Å². The van der Waals surface area contributed by atoms with Crippen LogP contribution in [0.15, 0.2) is 41.3 Å². The van der Waals surface area contributed by atoms with Gasteiger partial charge in [-0.05, 0) is 55.9 Å². The summed E-state index contributed by atoms with van der Waals surface area (Å²) in [5.41, 5.74) is 0.453. The van der Waals surface area contributed by atoms with Crippen molar-refractivity contribution in [3.05, 3.63) is 36.4 Å². The smallest absolute Gasteiger partial charge is 0.307 e. The van der Waals surface area contributed by atoms with E-state index in [1.54, 1.807) is 18.2 Å². The highest BCUT2D eigenvalue weighted by molar-refractivity contribution is 7.89. The molecular formula is C20H26N2O5S. The summed E-state index contributed by atoms with van der Waals surface area (Å²) < 4.78 is 27.1. The average molecular weight is 407 g/mol. The highest BCUT2D eigenvalue weighted by Crippen LogP contribution is 2.28. The van der Waals surface area contributed by atoms with Gasteiger partial charge in [0.2, 0.25) is 15.9 Å². The molecule has 28 heavy (non-hydrogen) atoms. The number of hydrogen-bond donors (Lipinski definition) is 2. The number of amides is 1. The lowest BCUT2D eigenvalue weighted by Gasteiger charge is -2.30. The number of carbonyl (C=O) groups excluding carboxylic acids is 1. The van der Waals surface area contributed by atoms with Crippen LogP contribution in [0.1, 0.15) is 32.6 Å². The van der Waals surface area contributed by atoms with Gasteiger partial charge in [0.1, 0.15) is 0 Å². The Morgan fingerprint density at radius 1 is 1.11 bits per heavy atom. The SMILES string of the molecule is C[C@H]1CCCN(S(=O)(=O)c2ccc(NC(=O)[C@@H]3CC=CC[C@@H]3C(=O)O)cc2)C1. The number of piperidine rings is 1. The number of carboxylic acid groups (broad SMARTS) is 1. The maximum absolute atomic E-state index is 12.8. The topological polar surface area (TPSA) is 104 Å². The van der Waals surface area contributed by atoms with Crippen molar-refractivity contribution in [2.24, 2.45) is 17.8 Å². The number of carboxylic acids is 1. The maximum atomic E-state index is 12.8. The molecular weight excluding hydrogens is 380 g/mol. The molecule has 1 heterocycles. The third-order valence-electron chi connectivity index (χ3n) is 5.47. The van der Waals surface area contributed by atoms with Crippen molar-refractivity contribution >= 4 is 27.6 Å². The maximum Gasteiger partial charge on any atom is 0.307 e. The molecule has 1 saturated heterocycles. The zero-order valence-corrected chi connectivity index (χ0v) is 16.7. The number of allylic oxidation sites excluding steroid dienone is 2. The van der Waals surface area contributed by atoms with Crippen molar-refractivity contribution in [2.75, 3.05) is 18.4 Å². The lowest BCUT2D eigenvalue weighted by atomic mass is 9.82. The lowest BCUT2D eigenvalue weighted by molar-refractivity contribution is -0.146. The molecule has 7 nitrogen and oxygen atoms in total. The Balaban J connectivity index is 1.69. The summed E-state index contributed by atoms with van der Waals surface area (Å²) in [4.78, 5) is 24.1. The summed E-state index contributed by atoms with van der Waals surface area (Å²) >= 11 is 0. The Bertz CT molecular complexity index is 863. The quantitative estimate of drug-likeness (QED) is 0.732. The van der Waals surface area contributed by atoms with Crippen molar-refractivity contribution in [3.63, 3.8) is 0 Å². The van der Waals surface area contributed by atoms with Crippen LogP contribution in [0.3, 0.4) is 0 Å². The van der Waals surface area contributed by atoms with Crippen LogP contribution < -0.4 is 5.32 Å². The molecule has 0 unspecified atom stereocenters. The molecule has 2 N–H and O–H groups in total. The summed E-state index contributed by atoms with van der Waals surface area (Å²) in [7, 11) is -3.55. The van der Waals surface area contributed by atoms with E-state index in [4.69, 9.17) is 0 Å². The number of anilines is 1. The van der Waals surface area contributed by atoms with Crippen LogP contribution in [0.25, 0.3) is 0 Å². The molecule has 1 aromatic rings. The highest BCUT2D eigenvalue weighted by Gasteiger charge is 2.34. The van der Waals surface area contributed by atoms with Crippen molar-refractivity contribution in [1.82, 2.24) is 4.31 Å². The van der Waals surface area contributed by atoms with E-state index in [9.17, 15) is 23.1 Å². The van der Waals surface area contributed by atoms with Gasteiger partial charge in [-0.3, -0.25) is 9.59 Å². The van der Waals surface area contributed by atoms with Gasteiger partial charge in [-0.1, -0.05) is 19.1 Å². The molecule has 1 fully saturated rings. The Morgan fingerprint density at radius 2 is 1.75 bits per heavy atom. The number of benzene rings is 1. The van der Waals surface area contributed by atoms with Crippen LogP contribution in [-0.4, -0.2) is 42.8 Å². The highest BCUT2D eigenvalue weighted by atomic mass is 32.2. The number of nitrogens with one attached hydrogen (secondary N) is 1. The molecule has 0 aromatic heterocycles. The van der Waals surface area contributed by atoms with E-state index in [1.165, 1.54) is 16.4 Å². The largest absolute Gasteiger partial charge is 0.481 e. The fourth-order valence-corrected chi connectivity index (χ4v) is 5.43. The van der Waals surface area contributed by atoms with Crippen LogP contribution in [0.2, 0.25) is 0 Å². The molecule has 152 valence electrons.